The Labute approximate surface area is 191 Å². The predicted molar refractivity (Wildman–Crippen MR) is 131 cm³/mol. The average Bonchev–Trinajstić information content (AvgIpc) is 2.74. The molecule has 0 aliphatic carbocycles. The summed E-state index contributed by atoms with van der Waals surface area (Å²) in [6.07, 6.45) is 1.09. The lowest BCUT2D eigenvalue weighted by atomic mass is 9.72. The second-order valence-corrected chi connectivity index (χ2v) is 10.1. The maximum Gasteiger partial charge on any atom is 0.258 e. The van der Waals surface area contributed by atoms with Gasteiger partial charge < -0.3 is 14.8 Å². The molecule has 32 heavy (non-hydrogen) atoms. The molecule has 0 saturated heterocycles. The Balaban J connectivity index is 1.42. The normalized spacial score (nSPS) is 11.9. The number of ether oxygens (including phenoxy) is 2. The van der Waals surface area contributed by atoms with Crippen LogP contribution in [-0.2, 0) is 10.2 Å². The van der Waals surface area contributed by atoms with Gasteiger partial charge >= 0.3 is 0 Å². The summed E-state index contributed by atoms with van der Waals surface area (Å²) in [5.74, 6) is 1.36. The average molecular weight is 434 g/mol. The Morgan fingerprint density at radius 2 is 1.53 bits per heavy atom. The van der Waals surface area contributed by atoms with E-state index >= 15 is 0 Å². The van der Waals surface area contributed by atoms with Crippen LogP contribution in [0.15, 0.2) is 66.7 Å². The quantitative estimate of drug-likeness (QED) is 0.413. The molecule has 0 radical (unpaired) electrons. The van der Waals surface area contributed by atoms with Gasteiger partial charge in [0.15, 0.2) is 6.61 Å². The first-order valence-corrected chi connectivity index (χ1v) is 11.2. The van der Waals surface area contributed by atoms with Gasteiger partial charge in [0.2, 0.25) is 0 Å². The monoisotopic (exact) mass is 433 g/mol. The zero-order valence-electron chi connectivity index (χ0n) is 19.9. The van der Waals surface area contributed by atoms with Crippen molar-refractivity contribution >= 4 is 16.7 Å². The summed E-state index contributed by atoms with van der Waals surface area (Å²) >= 11 is 0. The van der Waals surface area contributed by atoms with Gasteiger partial charge in [0.05, 0.1) is 6.54 Å². The number of hydrogen-bond donors (Lipinski definition) is 1. The number of carbonyl (C=O) groups is 1. The largest absolute Gasteiger partial charge is 0.491 e. The molecule has 0 aliphatic heterocycles. The van der Waals surface area contributed by atoms with Gasteiger partial charge in [-0.3, -0.25) is 4.79 Å². The fraction of sp³-hybridized carbons (Fsp3) is 0.393. The third kappa shape index (κ3) is 6.74. The van der Waals surface area contributed by atoms with Gasteiger partial charge in [0.1, 0.15) is 18.1 Å². The van der Waals surface area contributed by atoms with Crippen molar-refractivity contribution in [3.05, 3.63) is 72.3 Å². The number of benzene rings is 3. The Morgan fingerprint density at radius 3 is 2.25 bits per heavy atom. The van der Waals surface area contributed by atoms with E-state index in [9.17, 15) is 4.79 Å². The number of fused-ring (bicyclic) bond motifs is 1. The van der Waals surface area contributed by atoms with E-state index in [0.717, 1.165) is 22.9 Å². The van der Waals surface area contributed by atoms with Crippen LogP contribution >= 0.6 is 0 Å². The Hall–Kier alpha value is -3.01. The summed E-state index contributed by atoms with van der Waals surface area (Å²) in [6, 6.07) is 22.1. The molecule has 0 atom stereocenters. The molecule has 3 aromatic carbocycles. The maximum absolute atomic E-state index is 12.1. The molecule has 0 unspecified atom stereocenters. The molecule has 0 aromatic heterocycles. The first-order valence-electron chi connectivity index (χ1n) is 11.2. The fourth-order valence-electron chi connectivity index (χ4n) is 4.30. The van der Waals surface area contributed by atoms with E-state index in [1.165, 1.54) is 5.56 Å². The van der Waals surface area contributed by atoms with E-state index in [0.29, 0.717) is 18.9 Å². The van der Waals surface area contributed by atoms with Gasteiger partial charge in [-0.2, -0.15) is 0 Å². The number of hydrogen-bond acceptors (Lipinski definition) is 3. The van der Waals surface area contributed by atoms with Crippen LogP contribution in [0.3, 0.4) is 0 Å². The van der Waals surface area contributed by atoms with Crippen LogP contribution in [-0.4, -0.2) is 25.7 Å². The van der Waals surface area contributed by atoms with Crippen LogP contribution in [0.2, 0.25) is 0 Å². The third-order valence-corrected chi connectivity index (χ3v) is 5.41. The van der Waals surface area contributed by atoms with Gasteiger partial charge in [-0.1, -0.05) is 83.1 Å². The Morgan fingerprint density at radius 1 is 0.844 bits per heavy atom. The summed E-state index contributed by atoms with van der Waals surface area (Å²) in [7, 11) is 0. The molecule has 3 aromatic rings. The minimum Gasteiger partial charge on any atom is -0.491 e. The topological polar surface area (TPSA) is 47.6 Å². The highest BCUT2D eigenvalue weighted by atomic mass is 16.5. The van der Waals surface area contributed by atoms with Crippen molar-refractivity contribution in [2.45, 2.75) is 46.5 Å². The summed E-state index contributed by atoms with van der Waals surface area (Å²) < 4.78 is 11.5. The lowest BCUT2D eigenvalue weighted by molar-refractivity contribution is -0.123. The van der Waals surface area contributed by atoms with Crippen molar-refractivity contribution in [1.29, 1.82) is 0 Å². The molecule has 3 rings (SSSR count). The van der Waals surface area contributed by atoms with Crippen molar-refractivity contribution in [3.8, 4) is 11.5 Å². The number of carbonyl (C=O) groups excluding carboxylic acids is 1. The molecular weight excluding hydrogens is 398 g/mol. The van der Waals surface area contributed by atoms with E-state index in [1.54, 1.807) is 0 Å². The lowest BCUT2D eigenvalue weighted by Gasteiger charge is -2.33. The smallest absolute Gasteiger partial charge is 0.258 e. The minimum atomic E-state index is -0.163. The van der Waals surface area contributed by atoms with Crippen LogP contribution in [0.4, 0.5) is 0 Å². The van der Waals surface area contributed by atoms with Crippen LogP contribution in [0.5, 0.6) is 11.5 Å². The third-order valence-electron chi connectivity index (χ3n) is 5.41. The molecule has 4 heteroatoms. The molecular formula is C28H35NO3. The van der Waals surface area contributed by atoms with Crippen molar-refractivity contribution in [3.63, 3.8) is 0 Å². The van der Waals surface area contributed by atoms with E-state index in [4.69, 9.17) is 9.47 Å². The fourth-order valence-corrected chi connectivity index (χ4v) is 4.30. The van der Waals surface area contributed by atoms with Crippen LogP contribution in [0.1, 0.15) is 46.6 Å². The van der Waals surface area contributed by atoms with Crippen molar-refractivity contribution < 1.29 is 14.3 Å². The molecule has 1 N–H and O–H groups in total. The van der Waals surface area contributed by atoms with Gasteiger partial charge in [-0.15, -0.1) is 0 Å². The Kier molecular flexibility index (Phi) is 7.44. The zero-order chi connectivity index (χ0) is 23.2. The number of rotatable bonds is 9. The SMILES string of the molecule is CC(C)(C)CC(C)(C)c1ccc(OCC(=O)NCCOc2cccc3ccccc23)cc1. The standard InChI is InChI=1S/C28H35NO3/c1-27(2,3)20-28(4,5)22-13-15-23(16-14-22)32-19-26(30)29-17-18-31-25-12-8-10-21-9-6-7-11-24(21)25/h6-16H,17-20H2,1-5H3,(H,29,30). The van der Waals surface area contributed by atoms with Crippen LogP contribution in [0.25, 0.3) is 10.8 Å². The molecule has 0 aliphatic rings. The molecule has 0 fully saturated rings. The molecule has 0 saturated carbocycles. The van der Waals surface area contributed by atoms with Gasteiger partial charge in [0.25, 0.3) is 5.91 Å². The molecule has 0 heterocycles. The van der Waals surface area contributed by atoms with Gasteiger partial charge in [-0.25, -0.2) is 0 Å². The first-order chi connectivity index (χ1) is 15.1. The highest BCUT2D eigenvalue weighted by Crippen LogP contribution is 2.36. The molecule has 0 bridgehead atoms. The molecule has 0 spiro atoms. The molecule has 4 nitrogen and oxygen atoms in total. The van der Waals surface area contributed by atoms with Gasteiger partial charge in [-0.05, 0) is 46.4 Å². The van der Waals surface area contributed by atoms with E-state index in [-0.39, 0.29) is 23.3 Å². The van der Waals surface area contributed by atoms with Crippen molar-refractivity contribution in [2.24, 2.45) is 5.41 Å². The summed E-state index contributed by atoms with van der Waals surface area (Å²) in [4.78, 5) is 12.1. The second kappa shape index (κ2) is 10.1. The number of amides is 1. The van der Waals surface area contributed by atoms with E-state index in [1.807, 2.05) is 42.5 Å². The number of nitrogens with one attached hydrogen (secondary N) is 1. The first kappa shape index (κ1) is 23.6. The van der Waals surface area contributed by atoms with Gasteiger partial charge in [0, 0.05) is 5.39 Å². The Bertz CT molecular complexity index is 1030. The minimum absolute atomic E-state index is 0.0149. The molecule has 1 amide bonds. The predicted octanol–water partition coefficient (Wildman–Crippen LogP) is 6.13. The summed E-state index contributed by atoms with van der Waals surface area (Å²) in [6.45, 7) is 12.1. The highest BCUT2D eigenvalue weighted by molar-refractivity contribution is 5.88. The second-order valence-electron chi connectivity index (χ2n) is 10.1. The highest BCUT2D eigenvalue weighted by Gasteiger charge is 2.27. The molecule has 170 valence electrons. The van der Waals surface area contributed by atoms with Crippen molar-refractivity contribution in [1.82, 2.24) is 5.32 Å². The van der Waals surface area contributed by atoms with Crippen molar-refractivity contribution in [2.75, 3.05) is 19.8 Å². The van der Waals surface area contributed by atoms with Crippen LogP contribution in [0, 0.1) is 5.41 Å². The zero-order valence-corrected chi connectivity index (χ0v) is 19.9. The van der Waals surface area contributed by atoms with Crippen LogP contribution < -0.4 is 14.8 Å². The summed E-state index contributed by atoms with van der Waals surface area (Å²) in [5.41, 5.74) is 1.61. The lowest BCUT2D eigenvalue weighted by Crippen LogP contribution is -2.32. The summed E-state index contributed by atoms with van der Waals surface area (Å²) in [5, 5.41) is 5.05. The maximum atomic E-state index is 12.1. The van der Waals surface area contributed by atoms with E-state index in [2.05, 4.69) is 64.2 Å². The van der Waals surface area contributed by atoms with E-state index < -0.39 is 0 Å².